The number of hydrogen-bond acceptors (Lipinski definition) is 4. The van der Waals surface area contributed by atoms with Crippen molar-refractivity contribution in [2.24, 2.45) is 0 Å². The van der Waals surface area contributed by atoms with Gasteiger partial charge in [0.1, 0.15) is 11.6 Å². The van der Waals surface area contributed by atoms with Crippen LogP contribution in [0, 0.1) is 11.6 Å². The first-order valence-corrected chi connectivity index (χ1v) is 7.94. The number of aromatic nitrogens is 2. The lowest BCUT2D eigenvalue weighted by atomic mass is 10.1. The minimum Gasteiger partial charge on any atom is -0.382 e. The topological polar surface area (TPSA) is 78.0 Å². The standard InChI is InChI=1S/C15H11F2N3O2S/c16-11-4-6-13(7-5-11)23(21,22)20-9-14(15(18)19-20)10-2-1-3-12(17)8-10/h1-9H,(H2,18,19). The van der Waals surface area contributed by atoms with Gasteiger partial charge in [0.25, 0.3) is 10.0 Å². The van der Waals surface area contributed by atoms with E-state index in [1.54, 1.807) is 6.07 Å². The maximum Gasteiger partial charge on any atom is 0.283 e. The van der Waals surface area contributed by atoms with E-state index in [-0.39, 0.29) is 16.3 Å². The summed E-state index contributed by atoms with van der Waals surface area (Å²) in [6, 6.07) is 9.89. The van der Waals surface area contributed by atoms with Gasteiger partial charge >= 0.3 is 0 Å². The highest BCUT2D eigenvalue weighted by molar-refractivity contribution is 7.89. The van der Waals surface area contributed by atoms with Gasteiger partial charge in [0.15, 0.2) is 5.82 Å². The SMILES string of the molecule is Nc1nn(S(=O)(=O)c2ccc(F)cc2)cc1-c1cccc(F)c1. The Kier molecular flexibility index (Phi) is 3.61. The van der Waals surface area contributed by atoms with Crippen LogP contribution in [0.2, 0.25) is 0 Å². The van der Waals surface area contributed by atoms with Crippen LogP contribution in [0.4, 0.5) is 14.6 Å². The van der Waals surface area contributed by atoms with E-state index in [4.69, 9.17) is 5.73 Å². The maximum atomic E-state index is 13.3. The molecule has 0 aliphatic heterocycles. The molecule has 2 N–H and O–H groups in total. The van der Waals surface area contributed by atoms with Crippen molar-refractivity contribution in [3.05, 3.63) is 66.4 Å². The summed E-state index contributed by atoms with van der Waals surface area (Å²) in [7, 11) is -4.01. The van der Waals surface area contributed by atoms with Crippen LogP contribution in [0.5, 0.6) is 0 Å². The Balaban J connectivity index is 2.08. The van der Waals surface area contributed by atoms with Gasteiger partial charge in [-0.25, -0.2) is 8.78 Å². The summed E-state index contributed by atoms with van der Waals surface area (Å²) in [4.78, 5) is -0.132. The van der Waals surface area contributed by atoms with Gasteiger partial charge in [-0.05, 0) is 42.0 Å². The van der Waals surface area contributed by atoms with Gasteiger partial charge in [0, 0.05) is 5.56 Å². The molecule has 118 valence electrons. The molecule has 8 heteroatoms. The molecule has 0 aliphatic rings. The Labute approximate surface area is 131 Å². The summed E-state index contributed by atoms with van der Waals surface area (Å²) in [6.07, 6.45) is 1.20. The number of nitrogens with zero attached hydrogens (tertiary/aromatic N) is 2. The molecule has 0 saturated heterocycles. The second kappa shape index (κ2) is 5.47. The number of anilines is 1. The fraction of sp³-hybridized carbons (Fsp3) is 0. The van der Waals surface area contributed by atoms with E-state index >= 15 is 0 Å². The van der Waals surface area contributed by atoms with Crippen LogP contribution >= 0.6 is 0 Å². The van der Waals surface area contributed by atoms with Gasteiger partial charge in [0.05, 0.1) is 11.1 Å². The van der Waals surface area contributed by atoms with E-state index in [2.05, 4.69) is 5.10 Å². The highest BCUT2D eigenvalue weighted by Gasteiger charge is 2.21. The summed E-state index contributed by atoms with van der Waals surface area (Å²) in [5.74, 6) is -1.08. The molecule has 0 bridgehead atoms. The molecule has 1 aromatic heterocycles. The van der Waals surface area contributed by atoms with E-state index in [0.717, 1.165) is 24.3 Å². The second-order valence-corrected chi connectivity index (χ2v) is 6.57. The molecule has 0 aliphatic carbocycles. The predicted molar refractivity (Wildman–Crippen MR) is 81.0 cm³/mol. The third kappa shape index (κ3) is 2.80. The van der Waals surface area contributed by atoms with Crippen LogP contribution in [-0.4, -0.2) is 17.6 Å². The Morgan fingerprint density at radius 3 is 2.35 bits per heavy atom. The average Bonchev–Trinajstić information content (AvgIpc) is 2.90. The van der Waals surface area contributed by atoms with Crippen LogP contribution in [0.15, 0.2) is 59.6 Å². The molecule has 2 aromatic carbocycles. The Morgan fingerprint density at radius 2 is 1.70 bits per heavy atom. The van der Waals surface area contributed by atoms with Crippen LogP contribution in [-0.2, 0) is 10.0 Å². The van der Waals surface area contributed by atoms with Crippen molar-refractivity contribution >= 4 is 15.8 Å². The molecule has 0 radical (unpaired) electrons. The molecular weight excluding hydrogens is 324 g/mol. The van der Waals surface area contributed by atoms with Crippen molar-refractivity contribution in [1.82, 2.24) is 9.19 Å². The van der Waals surface area contributed by atoms with Crippen molar-refractivity contribution in [1.29, 1.82) is 0 Å². The van der Waals surface area contributed by atoms with Gasteiger partial charge in [-0.3, -0.25) is 0 Å². The molecule has 23 heavy (non-hydrogen) atoms. The summed E-state index contributed by atoms with van der Waals surface area (Å²) in [5, 5.41) is 3.78. The molecule has 0 saturated carbocycles. The zero-order chi connectivity index (χ0) is 16.6. The summed E-state index contributed by atoms with van der Waals surface area (Å²) in [5.41, 5.74) is 6.44. The first-order chi connectivity index (χ1) is 10.9. The van der Waals surface area contributed by atoms with E-state index in [1.165, 1.54) is 24.4 Å². The lowest BCUT2D eigenvalue weighted by Crippen LogP contribution is -2.13. The lowest BCUT2D eigenvalue weighted by molar-refractivity contribution is 0.579. The predicted octanol–water partition coefficient (Wildman–Crippen LogP) is 2.65. The van der Waals surface area contributed by atoms with Crippen molar-refractivity contribution in [2.75, 3.05) is 5.73 Å². The highest BCUT2D eigenvalue weighted by Crippen LogP contribution is 2.27. The van der Waals surface area contributed by atoms with Crippen LogP contribution in [0.3, 0.4) is 0 Å². The molecule has 0 fully saturated rings. The fourth-order valence-corrected chi connectivity index (χ4v) is 3.22. The molecule has 5 nitrogen and oxygen atoms in total. The molecule has 3 rings (SSSR count). The second-order valence-electron chi connectivity index (χ2n) is 4.77. The Bertz CT molecular complexity index is 967. The van der Waals surface area contributed by atoms with Crippen molar-refractivity contribution in [3.8, 4) is 11.1 Å². The molecule has 0 amide bonds. The average molecular weight is 335 g/mol. The Hall–Kier alpha value is -2.74. The smallest absolute Gasteiger partial charge is 0.283 e. The summed E-state index contributed by atoms with van der Waals surface area (Å²) in [6.45, 7) is 0. The van der Waals surface area contributed by atoms with Crippen LogP contribution in [0.25, 0.3) is 11.1 Å². The molecule has 0 atom stereocenters. The quantitative estimate of drug-likeness (QED) is 0.798. The van der Waals surface area contributed by atoms with E-state index in [9.17, 15) is 17.2 Å². The van der Waals surface area contributed by atoms with Gasteiger partial charge in [-0.2, -0.15) is 12.5 Å². The monoisotopic (exact) mass is 335 g/mol. The number of nitrogen functional groups attached to an aromatic ring is 1. The van der Waals surface area contributed by atoms with Gasteiger partial charge in [-0.1, -0.05) is 12.1 Å². The summed E-state index contributed by atoms with van der Waals surface area (Å²) >= 11 is 0. The number of halogens is 2. The zero-order valence-electron chi connectivity index (χ0n) is 11.6. The van der Waals surface area contributed by atoms with Crippen molar-refractivity contribution in [2.45, 2.75) is 4.90 Å². The van der Waals surface area contributed by atoms with E-state index in [0.29, 0.717) is 9.65 Å². The minimum absolute atomic E-state index is 0.0544. The third-order valence-corrected chi connectivity index (χ3v) is 4.76. The van der Waals surface area contributed by atoms with Crippen LogP contribution < -0.4 is 5.73 Å². The van der Waals surface area contributed by atoms with Crippen molar-refractivity contribution in [3.63, 3.8) is 0 Å². The zero-order valence-corrected chi connectivity index (χ0v) is 12.5. The number of benzene rings is 2. The lowest BCUT2D eigenvalue weighted by Gasteiger charge is -2.03. The van der Waals surface area contributed by atoms with Gasteiger partial charge in [-0.15, -0.1) is 5.10 Å². The number of rotatable bonds is 3. The summed E-state index contributed by atoms with van der Waals surface area (Å²) < 4.78 is 51.8. The first-order valence-electron chi connectivity index (χ1n) is 6.50. The van der Waals surface area contributed by atoms with Crippen molar-refractivity contribution < 1.29 is 17.2 Å². The third-order valence-electron chi connectivity index (χ3n) is 3.22. The molecular formula is C15H11F2N3O2S. The van der Waals surface area contributed by atoms with Gasteiger partial charge in [0.2, 0.25) is 0 Å². The molecule has 3 aromatic rings. The maximum absolute atomic E-state index is 13.3. The van der Waals surface area contributed by atoms with E-state index < -0.39 is 21.7 Å². The number of hydrogen-bond donors (Lipinski definition) is 1. The Morgan fingerprint density at radius 1 is 1.00 bits per heavy atom. The number of nitrogens with two attached hydrogens (primary N) is 1. The molecule has 0 spiro atoms. The van der Waals surface area contributed by atoms with E-state index in [1.807, 2.05) is 0 Å². The fourth-order valence-electron chi connectivity index (χ4n) is 2.08. The van der Waals surface area contributed by atoms with Crippen LogP contribution in [0.1, 0.15) is 0 Å². The highest BCUT2D eigenvalue weighted by atomic mass is 32.2. The largest absolute Gasteiger partial charge is 0.382 e. The first kappa shape index (κ1) is 15.2. The molecule has 1 heterocycles. The molecule has 0 unspecified atom stereocenters. The normalized spacial score (nSPS) is 11.6. The van der Waals surface area contributed by atoms with Gasteiger partial charge < -0.3 is 5.73 Å². The minimum atomic E-state index is -4.01.